The van der Waals surface area contributed by atoms with Crippen molar-refractivity contribution >= 4 is 16.8 Å². The summed E-state index contributed by atoms with van der Waals surface area (Å²) in [5, 5.41) is 4.55. The first-order chi connectivity index (χ1) is 15.3. The van der Waals surface area contributed by atoms with Gasteiger partial charge in [0.15, 0.2) is 5.76 Å². The third-order valence-electron chi connectivity index (χ3n) is 5.19. The molecule has 6 nitrogen and oxygen atoms in total. The number of halogens is 1. The van der Waals surface area contributed by atoms with Gasteiger partial charge in [0.05, 0.1) is 30.5 Å². The fraction of sp³-hybridized carbons (Fsp3) is 0.280. The fourth-order valence-corrected chi connectivity index (χ4v) is 3.75. The van der Waals surface area contributed by atoms with Crippen LogP contribution in [0.4, 0.5) is 4.39 Å². The number of ether oxygens (including phenoxy) is 1. The van der Waals surface area contributed by atoms with E-state index in [4.69, 9.17) is 9.26 Å². The molecule has 0 aliphatic heterocycles. The van der Waals surface area contributed by atoms with Gasteiger partial charge in [-0.25, -0.2) is 4.39 Å². The van der Waals surface area contributed by atoms with Crippen LogP contribution in [0.3, 0.4) is 0 Å². The number of fused-ring (bicyclic) bond motifs is 1. The molecule has 32 heavy (non-hydrogen) atoms. The standard InChI is InChI=1S/C25H26FN3O3/c1-15(2)31-19-7-5-6-17(11-19)25-22(21-12-18(26)8-9-23(21)27-25)13-24(30)29(4)14-20-10-16(3)28-32-20/h5-12,15,27H,13-14H2,1-4H3. The maximum atomic E-state index is 14.1. The van der Waals surface area contributed by atoms with Gasteiger partial charge in [-0.1, -0.05) is 17.3 Å². The second-order valence-corrected chi connectivity index (χ2v) is 8.22. The summed E-state index contributed by atoms with van der Waals surface area (Å²) in [6, 6.07) is 14.0. The van der Waals surface area contributed by atoms with Crippen molar-refractivity contribution in [3.63, 3.8) is 0 Å². The molecule has 0 saturated carbocycles. The van der Waals surface area contributed by atoms with Gasteiger partial charge in [0.25, 0.3) is 0 Å². The first-order valence-electron chi connectivity index (χ1n) is 10.5. The van der Waals surface area contributed by atoms with E-state index in [1.165, 1.54) is 12.1 Å². The number of carbonyl (C=O) groups excluding carboxylic acids is 1. The number of benzene rings is 2. The molecule has 4 aromatic rings. The van der Waals surface area contributed by atoms with Gasteiger partial charge in [-0.15, -0.1) is 0 Å². The third kappa shape index (κ3) is 4.66. The average Bonchev–Trinajstić information content (AvgIpc) is 3.30. The highest BCUT2D eigenvalue weighted by atomic mass is 19.1. The summed E-state index contributed by atoms with van der Waals surface area (Å²) >= 11 is 0. The number of hydrogen-bond acceptors (Lipinski definition) is 4. The monoisotopic (exact) mass is 435 g/mol. The van der Waals surface area contributed by atoms with Crippen molar-refractivity contribution in [3.8, 4) is 17.0 Å². The average molecular weight is 435 g/mol. The fourth-order valence-electron chi connectivity index (χ4n) is 3.75. The number of nitrogens with zero attached hydrogens (tertiary/aromatic N) is 2. The van der Waals surface area contributed by atoms with Crippen LogP contribution in [0.15, 0.2) is 53.1 Å². The molecule has 0 spiro atoms. The maximum Gasteiger partial charge on any atom is 0.227 e. The normalized spacial score (nSPS) is 11.3. The van der Waals surface area contributed by atoms with E-state index < -0.39 is 0 Å². The van der Waals surface area contributed by atoms with Crippen LogP contribution in [0.2, 0.25) is 0 Å². The van der Waals surface area contributed by atoms with Crippen LogP contribution in [-0.4, -0.2) is 34.1 Å². The van der Waals surface area contributed by atoms with E-state index in [0.29, 0.717) is 17.7 Å². The largest absolute Gasteiger partial charge is 0.491 e. The Morgan fingerprint density at radius 2 is 2.03 bits per heavy atom. The van der Waals surface area contributed by atoms with E-state index in [0.717, 1.165) is 33.8 Å². The molecule has 1 N–H and O–H groups in total. The van der Waals surface area contributed by atoms with Crippen molar-refractivity contribution in [1.82, 2.24) is 15.0 Å². The Bertz CT molecular complexity index is 1260. The Labute approximate surface area is 186 Å². The number of carbonyl (C=O) groups is 1. The highest BCUT2D eigenvalue weighted by Crippen LogP contribution is 2.33. The molecule has 0 fully saturated rings. The van der Waals surface area contributed by atoms with Gasteiger partial charge >= 0.3 is 0 Å². The molecule has 0 saturated heterocycles. The molecule has 2 aromatic carbocycles. The van der Waals surface area contributed by atoms with Crippen molar-refractivity contribution < 1.29 is 18.4 Å². The second-order valence-electron chi connectivity index (χ2n) is 8.22. The third-order valence-corrected chi connectivity index (χ3v) is 5.19. The van der Waals surface area contributed by atoms with E-state index >= 15 is 0 Å². The molecule has 0 aliphatic rings. The molecule has 166 valence electrons. The minimum absolute atomic E-state index is 0.0384. The number of likely N-dealkylation sites (N-methyl/N-ethyl adjacent to an activating group) is 1. The Morgan fingerprint density at radius 1 is 1.22 bits per heavy atom. The summed E-state index contributed by atoms with van der Waals surface area (Å²) in [5.41, 5.74) is 3.92. The SMILES string of the molecule is Cc1cc(CN(C)C(=O)Cc2c(-c3cccc(OC(C)C)c3)[nH]c3ccc(F)cc23)on1. The quantitative estimate of drug-likeness (QED) is 0.430. The summed E-state index contributed by atoms with van der Waals surface area (Å²) in [7, 11) is 1.71. The van der Waals surface area contributed by atoms with Gasteiger partial charge in [-0.05, 0) is 56.7 Å². The zero-order valence-electron chi connectivity index (χ0n) is 18.6. The Balaban J connectivity index is 1.69. The molecule has 0 atom stereocenters. The van der Waals surface area contributed by atoms with Crippen LogP contribution >= 0.6 is 0 Å². The van der Waals surface area contributed by atoms with Crippen LogP contribution in [0.5, 0.6) is 5.75 Å². The molecule has 0 unspecified atom stereocenters. The molecule has 4 rings (SSSR count). The molecular weight excluding hydrogens is 409 g/mol. The number of rotatable bonds is 7. The van der Waals surface area contributed by atoms with E-state index in [1.807, 2.05) is 45.0 Å². The van der Waals surface area contributed by atoms with Crippen molar-refractivity contribution in [2.75, 3.05) is 7.05 Å². The maximum absolute atomic E-state index is 14.1. The lowest BCUT2D eigenvalue weighted by molar-refractivity contribution is -0.129. The highest BCUT2D eigenvalue weighted by Gasteiger charge is 2.20. The van der Waals surface area contributed by atoms with Crippen LogP contribution in [0.25, 0.3) is 22.2 Å². The summed E-state index contributed by atoms with van der Waals surface area (Å²) in [6.45, 7) is 6.07. The number of aryl methyl sites for hydroxylation is 1. The van der Waals surface area contributed by atoms with E-state index in [2.05, 4.69) is 10.1 Å². The lowest BCUT2D eigenvalue weighted by atomic mass is 10.0. The Morgan fingerprint density at radius 3 is 2.75 bits per heavy atom. The lowest BCUT2D eigenvalue weighted by Gasteiger charge is -2.16. The zero-order chi connectivity index (χ0) is 22.8. The van der Waals surface area contributed by atoms with Crippen LogP contribution < -0.4 is 4.74 Å². The highest BCUT2D eigenvalue weighted by molar-refractivity contribution is 5.95. The van der Waals surface area contributed by atoms with E-state index in [9.17, 15) is 9.18 Å². The van der Waals surface area contributed by atoms with Gasteiger partial charge < -0.3 is 19.1 Å². The molecular formula is C25H26FN3O3. The number of amides is 1. The number of hydrogen-bond donors (Lipinski definition) is 1. The topological polar surface area (TPSA) is 71.4 Å². The van der Waals surface area contributed by atoms with Crippen LogP contribution in [0, 0.1) is 12.7 Å². The van der Waals surface area contributed by atoms with Gasteiger partial charge in [0.1, 0.15) is 11.6 Å². The minimum Gasteiger partial charge on any atom is -0.491 e. The first kappa shape index (κ1) is 21.6. The molecule has 2 aromatic heterocycles. The molecule has 0 radical (unpaired) electrons. The first-order valence-corrected chi connectivity index (χ1v) is 10.5. The van der Waals surface area contributed by atoms with Crippen molar-refractivity contribution in [2.24, 2.45) is 0 Å². The summed E-state index contributed by atoms with van der Waals surface area (Å²) in [4.78, 5) is 18.0. The predicted molar refractivity (Wildman–Crippen MR) is 121 cm³/mol. The van der Waals surface area contributed by atoms with Gasteiger partial charge in [0.2, 0.25) is 5.91 Å². The second kappa shape index (κ2) is 8.86. The predicted octanol–water partition coefficient (Wildman–Crippen LogP) is 5.26. The number of H-pyrrole nitrogens is 1. The van der Waals surface area contributed by atoms with Crippen LogP contribution in [0.1, 0.15) is 30.9 Å². The zero-order valence-corrected chi connectivity index (χ0v) is 18.6. The molecule has 0 aliphatic carbocycles. The van der Waals surface area contributed by atoms with E-state index in [1.54, 1.807) is 24.1 Å². The van der Waals surface area contributed by atoms with Gasteiger partial charge in [0, 0.05) is 29.6 Å². The van der Waals surface area contributed by atoms with E-state index in [-0.39, 0.29) is 24.2 Å². The van der Waals surface area contributed by atoms with Crippen molar-refractivity contribution in [1.29, 1.82) is 0 Å². The Kier molecular flexibility index (Phi) is 5.99. The van der Waals surface area contributed by atoms with Crippen molar-refractivity contribution in [3.05, 3.63) is 71.4 Å². The van der Waals surface area contributed by atoms with Crippen LogP contribution in [-0.2, 0) is 17.8 Å². The van der Waals surface area contributed by atoms with Crippen molar-refractivity contribution in [2.45, 2.75) is 39.8 Å². The molecule has 2 heterocycles. The number of aromatic nitrogens is 2. The van der Waals surface area contributed by atoms with Gasteiger partial charge in [-0.2, -0.15) is 0 Å². The summed E-state index contributed by atoms with van der Waals surface area (Å²) in [6.07, 6.45) is 0.147. The molecule has 0 bridgehead atoms. The number of nitrogens with one attached hydrogen (secondary N) is 1. The molecule has 1 amide bonds. The summed E-state index contributed by atoms with van der Waals surface area (Å²) in [5.74, 6) is 0.888. The minimum atomic E-state index is -0.348. The Hall–Kier alpha value is -3.61. The summed E-state index contributed by atoms with van der Waals surface area (Å²) < 4.78 is 25.1. The molecule has 7 heteroatoms. The number of aromatic amines is 1. The lowest BCUT2D eigenvalue weighted by Crippen LogP contribution is -2.27. The van der Waals surface area contributed by atoms with Gasteiger partial charge in [-0.3, -0.25) is 4.79 Å². The smallest absolute Gasteiger partial charge is 0.227 e.